The number of nitrogens with zero attached hydrogens (tertiary/aromatic N) is 2. The Balaban J connectivity index is 1.37. The van der Waals surface area contributed by atoms with Gasteiger partial charge in [-0.3, -0.25) is 9.59 Å². The Hall–Kier alpha value is -2.55. The highest BCUT2D eigenvalue weighted by Crippen LogP contribution is 2.40. The Morgan fingerprint density at radius 3 is 2.38 bits per heavy atom. The summed E-state index contributed by atoms with van der Waals surface area (Å²) in [6.07, 6.45) is -2.99. The smallest absolute Gasteiger partial charge is 0.339 e. The maximum absolute atomic E-state index is 13.4. The first-order valence-electron chi connectivity index (χ1n) is 10.4. The minimum Gasteiger partial charge on any atom is -0.339 e. The minimum absolute atomic E-state index is 0.0295. The van der Waals surface area contributed by atoms with Crippen LogP contribution in [0.3, 0.4) is 0 Å². The van der Waals surface area contributed by atoms with Crippen molar-refractivity contribution in [3.8, 4) is 0 Å². The van der Waals surface area contributed by atoms with Crippen molar-refractivity contribution >= 4 is 23.6 Å². The van der Waals surface area contributed by atoms with Crippen molar-refractivity contribution in [2.75, 3.05) is 25.4 Å². The molecule has 2 fully saturated rings. The summed E-state index contributed by atoms with van der Waals surface area (Å²) in [7, 11) is 0. The molecule has 0 aliphatic carbocycles. The van der Waals surface area contributed by atoms with E-state index in [2.05, 4.69) is 0 Å². The fraction of sp³-hybridized carbons (Fsp3) is 0.391. The van der Waals surface area contributed by atoms with E-state index in [0.29, 0.717) is 49.4 Å². The van der Waals surface area contributed by atoms with Crippen LogP contribution in [-0.4, -0.2) is 47.0 Å². The van der Waals surface area contributed by atoms with Gasteiger partial charge in [0.05, 0.1) is 11.3 Å². The predicted molar refractivity (Wildman–Crippen MR) is 113 cm³/mol. The Bertz CT molecular complexity index is 988. The van der Waals surface area contributed by atoms with Gasteiger partial charge < -0.3 is 9.80 Å². The molecule has 0 bridgehead atoms. The van der Waals surface area contributed by atoms with E-state index in [1.165, 1.54) is 42.1 Å². The van der Waals surface area contributed by atoms with Crippen LogP contribution in [0.2, 0.25) is 0 Å². The molecule has 0 saturated carbocycles. The third-order valence-corrected chi connectivity index (χ3v) is 7.18. The lowest BCUT2D eigenvalue weighted by Crippen LogP contribution is -2.42. The van der Waals surface area contributed by atoms with Gasteiger partial charge in [0.15, 0.2) is 0 Å². The molecule has 2 aromatic rings. The number of thioether (sulfide) groups is 1. The van der Waals surface area contributed by atoms with Crippen molar-refractivity contribution in [3.63, 3.8) is 0 Å². The molecule has 2 heterocycles. The van der Waals surface area contributed by atoms with Crippen molar-refractivity contribution in [1.29, 1.82) is 0 Å². The molecule has 4 rings (SSSR count). The lowest BCUT2D eigenvalue weighted by Gasteiger charge is -2.35. The molecule has 32 heavy (non-hydrogen) atoms. The van der Waals surface area contributed by atoms with E-state index < -0.39 is 17.6 Å². The van der Waals surface area contributed by atoms with E-state index in [-0.39, 0.29) is 23.1 Å². The average molecular weight is 467 g/mol. The molecule has 2 amide bonds. The van der Waals surface area contributed by atoms with Crippen molar-refractivity contribution in [3.05, 3.63) is 71.0 Å². The van der Waals surface area contributed by atoms with Crippen LogP contribution in [-0.2, 0) is 11.0 Å². The number of alkyl halides is 3. The number of amides is 2. The predicted octanol–water partition coefficient (Wildman–Crippen LogP) is 4.97. The molecule has 1 atom stereocenters. The van der Waals surface area contributed by atoms with Crippen LogP contribution in [0.1, 0.15) is 39.7 Å². The van der Waals surface area contributed by atoms with Gasteiger partial charge >= 0.3 is 6.18 Å². The summed E-state index contributed by atoms with van der Waals surface area (Å²) in [5, 5.41) is -0.309. The fourth-order valence-corrected chi connectivity index (χ4v) is 5.36. The number of hydrogen-bond donors (Lipinski definition) is 0. The Morgan fingerprint density at radius 1 is 1.06 bits per heavy atom. The lowest BCUT2D eigenvalue weighted by atomic mass is 9.95. The summed E-state index contributed by atoms with van der Waals surface area (Å²) in [4.78, 5) is 28.5. The zero-order valence-electron chi connectivity index (χ0n) is 17.1. The first-order chi connectivity index (χ1) is 15.2. The molecule has 2 aliphatic rings. The highest BCUT2D eigenvalue weighted by molar-refractivity contribution is 8.00. The second-order valence-electron chi connectivity index (χ2n) is 8.08. The second kappa shape index (κ2) is 9.13. The summed E-state index contributed by atoms with van der Waals surface area (Å²) < 4.78 is 51.9. The maximum atomic E-state index is 13.4. The van der Waals surface area contributed by atoms with Crippen LogP contribution in [0, 0.1) is 11.7 Å². The van der Waals surface area contributed by atoms with Crippen LogP contribution in [0.4, 0.5) is 17.6 Å². The lowest BCUT2D eigenvalue weighted by molar-refractivity contribution is -0.137. The van der Waals surface area contributed by atoms with Crippen molar-refractivity contribution in [2.24, 2.45) is 5.92 Å². The van der Waals surface area contributed by atoms with E-state index in [9.17, 15) is 27.2 Å². The highest BCUT2D eigenvalue weighted by Gasteiger charge is 2.36. The minimum atomic E-state index is -4.40. The normalized spacial score (nSPS) is 20.1. The van der Waals surface area contributed by atoms with E-state index in [0.717, 1.165) is 12.1 Å². The largest absolute Gasteiger partial charge is 0.416 e. The number of piperidine rings is 1. The van der Waals surface area contributed by atoms with E-state index in [1.54, 1.807) is 15.9 Å². The summed E-state index contributed by atoms with van der Waals surface area (Å²) in [6, 6.07) is 10.6. The van der Waals surface area contributed by atoms with Gasteiger partial charge in [-0.05, 0) is 54.7 Å². The van der Waals surface area contributed by atoms with Crippen LogP contribution in [0.25, 0.3) is 0 Å². The molecular formula is C23H22F4N2O2S. The van der Waals surface area contributed by atoms with Crippen LogP contribution in [0.5, 0.6) is 0 Å². The zero-order chi connectivity index (χ0) is 22.9. The number of likely N-dealkylation sites (tertiary alicyclic amines) is 1. The number of carbonyl (C=O) groups excluding carboxylic acids is 2. The molecule has 9 heteroatoms. The molecule has 170 valence electrons. The molecule has 2 aliphatic heterocycles. The first kappa shape index (κ1) is 22.6. The van der Waals surface area contributed by atoms with Gasteiger partial charge in [0, 0.05) is 25.2 Å². The van der Waals surface area contributed by atoms with Gasteiger partial charge in [-0.1, -0.05) is 18.2 Å². The molecule has 4 nitrogen and oxygen atoms in total. The van der Waals surface area contributed by atoms with E-state index in [1.807, 2.05) is 0 Å². The highest BCUT2D eigenvalue weighted by atomic mass is 32.2. The van der Waals surface area contributed by atoms with E-state index >= 15 is 0 Å². The summed E-state index contributed by atoms with van der Waals surface area (Å²) in [5.41, 5.74) is 0.280. The zero-order valence-corrected chi connectivity index (χ0v) is 18.0. The molecule has 0 spiro atoms. The second-order valence-corrected chi connectivity index (χ2v) is 9.14. The fourth-order valence-electron chi connectivity index (χ4n) is 4.17. The molecule has 2 aromatic carbocycles. The van der Waals surface area contributed by atoms with Gasteiger partial charge in [-0.25, -0.2) is 4.39 Å². The molecule has 0 unspecified atom stereocenters. The SMILES string of the molecule is O=C(c1cccc(F)c1)N1CCC(CN2C(=O)CS[C@H]2c2ccc(C(F)(F)F)cc2)CC1. The number of hydrogen-bond acceptors (Lipinski definition) is 3. The maximum Gasteiger partial charge on any atom is 0.416 e. The average Bonchev–Trinajstić information content (AvgIpc) is 3.13. The topological polar surface area (TPSA) is 40.6 Å². The van der Waals surface area contributed by atoms with Crippen LogP contribution >= 0.6 is 11.8 Å². The molecule has 0 radical (unpaired) electrons. The molecule has 0 aromatic heterocycles. The number of benzene rings is 2. The number of rotatable bonds is 4. The summed E-state index contributed by atoms with van der Waals surface area (Å²) in [6.45, 7) is 1.53. The quantitative estimate of drug-likeness (QED) is 0.598. The van der Waals surface area contributed by atoms with Gasteiger partial charge in [0.1, 0.15) is 11.2 Å². The van der Waals surface area contributed by atoms with Crippen molar-refractivity contribution < 1.29 is 27.2 Å². The first-order valence-corrected chi connectivity index (χ1v) is 11.4. The van der Waals surface area contributed by atoms with Crippen molar-refractivity contribution in [1.82, 2.24) is 9.80 Å². The Kier molecular flexibility index (Phi) is 6.46. The number of halogens is 4. The number of carbonyl (C=O) groups is 2. The monoisotopic (exact) mass is 466 g/mol. The van der Waals surface area contributed by atoms with Gasteiger partial charge in [0.2, 0.25) is 5.91 Å². The van der Waals surface area contributed by atoms with Gasteiger partial charge in [-0.15, -0.1) is 11.8 Å². The van der Waals surface area contributed by atoms with Crippen LogP contribution < -0.4 is 0 Å². The molecular weight excluding hydrogens is 444 g/mol. The standard InChI is InChI=1S/C23H22F4N2O2S/c24-19-3-1-2-17(12-19)21(31)28-10-8-15(9-11-28)13-29-20(30)14-32-22(29)16-4-6-18(7-5-16)23(25,26)27/h1-7,12,15,22H,8-11,13-14H2/t22-/m0/s1. The molecule has 0 N–H and O–H groups in total. The third kappa shape index (κ3) is 4.92. The van der Waals surface area contributed by atoms with Gasteiger partial charge in [-0.2, -0.15) is 13.2 Å². The third-order valence-electron chi connectivity index (χ3n) is 5.92. The summed E-state index contributed by atoms with van der Waals surface area (Å²) >= 11 is 1.41. The van der Waals surface area contributed by atoms with E-state index in [4.69, 9.17) is 0 Å². The Labute approximate surface area is 187 Å². The molecule has 2 saturated heterocycles. The van der Waals surface area contributed by atoms with Crippen LogP contribution in [0.15, 0.2) is 48.5 Å². The van der Waals surface area contributed by atoms with Crippen molar-refractivity contribution in [2.45, 2.75) is 24.4 Å². The Morgan fingerprint density at radius 2 is 1.75 bits per heavy atom. The summed E-state index contributed by atoms with van der Waals surface area (Å²) in [5.74, 6) is -0.212. The van der Waals surface area contributed by atoms with Gasteiger partial charge in [0.25, 0.3) is 5.91 Å².